The highest BCUT2D eigenvalue weighted by atomic mass is 19.1. The second-order valence-corrected chi connectivity index (χ2v) is 6.41. The van der Waals surface area contributed by atoms with Gasteiger partial charge in [-0.2, -0.15) is 0 Å². The molecule has 132 valence electrons. The monoisotopic (exact) mass is 345 g/mol. The maximum absolute atomic E-state index is 13.2. The van der Waals surface area contributed by atoms with E-state index < -0.39 is 11.9 Å². The number of carbonyl (C=O) groups excluding carboxylic acids is 2. The average Bonchev–Trinajstić information content (AvgIpc) is 2.97. The highest BCUT2D eigenvalue weighted by Crippen LogP contribution is 2.29. The molecule has 0 aliphatic carbocycles. The van der Waals surface area contributed by atoms with E-state index in [4.69, 9.17) is 4.52 Å². The van der Waals surface area contributed by atoms with E-state index in [0.29, 0.717) is 35.7 Å². The first-order valence-electron chi connectivity index (χ1n) is 8.20. The molecule has 2 heterocycles. The molecule has 1 saturated heterocycles. The van der Waals surface area contributed by atoms with Gasteiger partial charge in [0.2, 0.25) is 5.91 Å². The summed E-state index contributed by atoms with van der Waals surface area (Å²) in [5.41, 5.74) is 1.46. The predicted octanol–water partition coefficient (Wildman–Crippen LogP) is 2.56. The summed E-state index contributed by atoms with van der Waals surface area (Å²) in [4.78, 5) is 27.1. The lowest BCUT2D eigenvalue weighted by molar-refractivity contribution is -0.128. The van der Waals surface area contributed by atoms with Crippen LogP contribution in [0, 0.1) is 12.7 Å². The summed E-state index contributed by atoms with van der Waals surface area (Å²) in [5, 5.41) is 6.67. The van der Waals surface area contributed by atoms with Crippen LogP contribution in [-0.2, 0) is 4.79 Å². The lowest BCUT2D eigenvalue weighted by Crippen LogP contribution is -2.52. The van der Waals surface area contributed by atoms with Gasteiger partial charge in [-0.1, -0.05) is 31.1 Å². The number of nitrogens with zero attached hydrogens (tertiary/aromatic N) is 2. The van der Waals surface area contributed by atoms with Crippen LogP contribution in [0.15, 0.2) is 28.8 Å². The molecular formula is C18H20FN3O3. The number of halogens is 1. The molecule has 1 aliphatic rings. The van der Waals surface area contributed by atoms with Gasteiger partial charge in [0.25, 0.3) is 5.91 Å². The molecule has 1 aromatic carbocycles. The largest absolute Gasteiger partial charge is 0.360 e. The van der Waals surface area contributed by atoms with E-state index >= 15 is 0 Å². The molecule has 3 rings (SSSR count). The third-order valence-electron chi connectivity index (χ3n) is 4.29. The molecule has 7 heteroatoms. The van der Waals surface area contributed by atoms with Crippen molar-refractivity contribution in [3.05, 3.63) is 52.7 Å². The number of piperazine rings is 1. The van der Waals surface area contributed by atoms with E-state index in [1.807, 2.05) is 13.8 Å². The van der Waals surface area contributed by atoms with Gasteiger partial charge in [-0.3, -0.25) is 9.59 Å². The van der Waals surface area contributed by atoms with Crippen LogP contribution in [0.1, 0.15) is 53.2 Å². The van der Waals surface area contributed by atoms with Crippen LogP contribution < -0.4 is 5.32 Å². The van der Waals surface area contributed by atoms with Crippen LogP contribution in [-0.4, -0.2) is 35.0 Å². The average molecular weight is 345 g/mol. The third kappa shape index (κ3) is 3.14. The molecule has 2 aromatic rings. The SMILES string of the molecule is Cc1noc(C(C)C)c1C(=O)N1CCNC(=O)C1c1ccc(F)cc1. The van der Waals surface area contributed by atoms with Crippen molar-refractivity contribution in [1.29, 1.82) is 0 Å². The highest BCUT2D eigenvalue weighted by Gasteiger charge is 2.37. The van der Waals surface area contributed by atoms with Crippen molar-refractivity contribution in [2.24, 2.45) is 0 Å². The summed E-state index contributed by atoms with van der Waals surface area (Å²) in [6.45, 7) is 6.26. The van der Waals surface area contributed by atoms with Gasteiger partial charge < -0.3 is 14.7 Å². The van der Waals surface area contributed by atoms with Crippen LogP contribution >= 0.6 is 0 Å². The minimum atomic E-state index is -0.809. The van der Waals surface area contributed by atoms with Crippen molar-refractivity contribution in [3.8, 4) is 0 Å². The molecule has 25 heavy (non-hydrogen) atoms. The molecule has 0 spiro atoms. The number of benzene rings is 1. The second-order valence-electron chi connectivity index (χ2n) is 6.41. The first-order valence-corrected chi connectivity index (χ1v) is 8.20. The zero-order chi connectivity index (χ0) is 18.1. The Labute approximate surface area is 145 Å². The number of carbonyl (C=O) groups is 2. The molecular weight excluding hydrogens is 325 g/mol. The first kappa shape index (κ1) is 17.1. The van der Waals surface area contributed by atoms with Crippen molar-refractivity contribution in [2.45, 2.75) is 32.7 Å². The summed E-state index contributed by atoms with van der Waals surface area (Å²) in [6, 6.07) is 4.80. The number of nitrogens with one attached hydrogen (secondary N) is 1. The van der Waals surface area contributed by atoms with Crippen LogP contribution in [0.4, 0.5) is 4.39 Å². The molecule has 1 unspecified atom stereocenters. The van der Waals surface area contributed by atoms with Gasteiger partial charge in [0, 0.05) is 19.0 Å². The zero-order valence-corrected chi connectivity index (χ0v) is 14.4. The Morgan fingerprint density at radius 1 is 1.36 bits per heavy atom. The molecule has 1 aliphatic heterocycles. The van der Waals surface area contributed by atoms with Crippen molar-refractivity contribution in [2.75, 3.05) is 13.1 Å². The first-order chi connectivity index (χ1) is 11.9. The number of rotatable bonds is 3. The molecule has 1 fully saturated rings. The summed E-state index contributed by atoms with van der Waals surface area (Å²) in [5.74, 6) is -0.484. The van der Waals surface area contributed by atoms with E-state index in [1.54, 1.807) is 6.92 Å². The highest BCUT2D eigenvalue weighted by molar-refractivity contribution is 6.00. The minimum absolute atomic E-state index is 0.0111. The number of hydrogen-bond donors (Lipinski definition) is 1. The normalized spacial score (nSPS) is 17.7. The van der Waals surface area contributed by atoms with E-state index in [0.717, 1.165) is 0 Å². The lowest BCUT2D eigenvalue weighted by Gasteiger charge is -2.35. The van der Waals surface area contributed by atoms with Crippen LogP contribution in [0.25, 0.3) is 0 Å². The fourth-order valence-electron chi connectivity index (χ4n) is 3.05. The summed E-state index contributed by atoms with van der Waals surface area (Å²) >= 11 is 0. The lowest BCUT2D eigenvalue weighted by atomic mass is 9.99. The Balaban J connectivity index is 2.01. The van der Waals surface area contributed by atoms with Crippen molar-refractivity contribution in [1.82, 2.24) is 15.4 Å². The maximum Gasteiger partial charge on any atom is 0.260 e. The van der Waals surface area contributed by atoms with Gasteiger partial charge in [-0.15, -0.1) is 0 Å². The summed E-state index contributed by atoms with van der Waals surface area (Å²) in [6.07, 6.45) is 0. The van der Waals surface area contributed by atoms with Gasteiger partial charge >= 0.3 is 0 Å². The van der Waals surface area contributed by atoms with Gasteiger partial charge in [0.1, 0.15) is 17.4 Å². The zero-order valence-electron chi connectivity index (χ0n) is 14.4. The number of amides is 2. The van der Waals surface area contributed by atoms with Gasteiger partial charge in [-0.05, 0) is 24.6 Å². The number of hydrogen-bond acceptors (Lipinski definition) is 4. The number of aromatic nitrogens is 1. The topological polar surface area (TPSA) is 75.4 Å². The fraction of sp³-hybridized carbons (Fsp3) is 0.389. The molecule has 2 amide bonds. The fourth-order valence-corrected chi connectivity index (χ4v) is 3.05. The van der Waals surface area contributed by atoms with Crippen LogP contribution in [0.5, 0.6) is 0 Å². The van der Waals surface area contributed by atoms with Crippen molar-refractivity contribution >= 4 is 11.8 Å². The molecule has 0 radical (unpaired) electrons. The summed E-state index contributed by atoms with van der Waals surface area (Å²) in [7, 11) is 0. The summed E-state index contributed by atoms with van der Waals surface area (Å²) < 4.78 is 18.5. The molecule has 1 aromatic heterocycles. The van der Waals surface area contributed by atoms with Gasteiger partial charge in [-0.25, -0.2) is 4.39 Å². The van der Waals surface area contributed by atoms with Crippen LogP contribution in [0.3, 0.4) is 0 Å². The minimum Gasteiger partial charge on any atom is -0.360 e. The Kier molecular flexibility index (Phi) is 4.57. The molecule has 1 N–H and O–H groups in total. The molecule has 1 atom stereocenters. The van der Waals surface area contributed by atoms with E-state index in [2.05, 4.69) is 10.5 Å². The Bertz CT molecular complexity index is 798. The van der Waals surface area contributed by atoms with Crippen molar-refractivity contribution < 1.29 is 18.5 Å². The predicted molar refractivity (Wildman–Crippen MR) is 88.5 cm³/mol. The van der Waals surface area contributed by atoms with E-state index in [1.165, 1.54) is 29.2 Å². The standard InChI is InChI=1S/C18H20FN3O3/c1-10(2)16-14(11(3)21-25-16)18(24)22-9-8-20-17(23)15(22)12-4-6-13(19)7-5-12/h4-7,10,15H,8-9H2,1-3H3,(H,20,23). The van der Waals surface area contributed by atoms with Gasteiger partial charge in [0.05, 0.1) is 5.69 Å². The maximum atomic E-state index is 13.2. The van der Waals surface area contributed by atoms with E-state index in [-0.39, 0.29) is 17.7 Å². The van der Waals surface area contributed by atoms with E-state index in [9.17, 15) is 14.0 Å². The Morgan fingerprint density at radius 3 is 2.68 bits per heavy atom. The number of aryl methyl sites for hydroxylation is 1. The second kappa shape index (κ2) is 6.66. The Morgan fingerprint density at radius 2 is 2.04 bits per heavy atom. The molecule has 0 saturated carbocycles. The third-order valence-corrected chi connectivity index (χ3v) is 4.29. The Hall–Kier alpha value is -2.70. The van der Waals surface area contributed by atoms with Crippen molar-refractivity contribution in [3.63, 3.8) is 0 Å². The van der Waals surface area contributed by atoms with Gasteiger partial charge in [0.15, 0.2) is 5.76 Å². The quantitative estimate of drug-likeness (QED) is 0.928. The smallest absolute Gasteiger partial charge is 0.260 e. The molecule has 0 bridgehead atoms. The molecule has 6 nitrogen and oxygen atoms in total. The van der Waals surface area contributed by atoms with Crippen LogP contribution in [0.2, 0.25) is 0 Å².